The second-order valence-electron chi connectivity index (χ2n) is 7.54. The van der Waals surface area contributed by atoms with Gasteiger partial charge < -0.3 is 19.9 Å². The van der Waals surface area contributed by atoms with E-state index in [2.05, 4.69) is 15.1 Å². The lowest BCUT2D eigenvalue weighted by Crippen LogP contribution is -2.25. The first-order valence-electron chi connectivity index (χ1n) is 10.6. The van der Waals surface area contributed by atoms with E-state index < -0.39 is 16.0 Å². The molecule has 2 aromatic carbocycles. The van der Waals surface area contributed by atoms with Gasteiger partial charge in [-0.1, -0.05) is 6.92 Å². The van der Waals surface area contributed by atoms with Gasteiger partial charge in [0.2, 0.25) is 21.8 Å². The Hall–Kier alpha value is -3.90. The lowest BCUT2D eigenvalue weighted by atomic mass is 10.2. The van der Waals surface area contributed by atoms with Crippen LogP contribution in [-0.2, 0) is 14.8 Å². The number of aromatic nitrogens is 2. The van der Waals surface area contributed by atoms with Crippen LogP contribution < -0.4 is 19.5 Å². The summed E-state index contributed by atoms with van der Waals surface area (Å²) in [6.07, 6.45) is 0.562. The van der Waals surface area contributed by atoms with Crippen molar-refractivity contribution >= 4 is 27.6 Å². The molecule has 1 heterocycles. The molecule has 3 aromatic rings. The zero-order valence-corrected chi connectivity index (χ0v) is 20.5. The van der Waals surface area contributed by atoms with Gasteiger partial charge in [0.1, 0.15) is 16.4 Å². The first-order valence-corrected chi connectivity index (χ1v) is 12.1. The molecule has 0 fully saturated rings. The zero-order chi connectivity index (χ0) is 25.8. The van der Waals surface area contributed by atoms with Crippen molar-refractivity contribution in [2.45, 2.75) is 32.1 Å². The molecular formula is C23H26N4O7S. The van der Waals surface area contributed by atoms with E-state index in [9.17, 15) is 23.1 Å². The quantitative estimate of drug-likeness (QED) is 0.382. The van der Waals surface area contributed by atoms with E-state index in [-0.39, 0.29) is 45.9 Å². The molecule has 0 atom stereocenters. The van der Waals surface area contributed by atoms with Crippen LogP contribution in [0.1, 0.15) is 36.3 Å². The number of amides is 1. The van der Waals surface area contributed by atoms with E-state index in [0.29, 0.717) is 17.9 Å². The Morgan fingerprint density at radius 3 is 2.40 bits per heavy atom. The van der Waals surface area contributed by atoms with Crippen LogP contribution in [0.2, 0.25) is 0 Å². The summed E-state index contributed by atoms with van der Waals surface area (Å²) in [5.74, 6) is -1.10. The number of sulfonamides is 1. The molecule has 0 bridgehead atoms. The second kappa shape index (κ2) is 10.6. The van der Waals surface area contributed by atoms with Crippen LogP contribution in [-0.4, -0.2) is 48.8 Å². The molecule has 0 spiro atoms. The van der Waals surface area contributed by atoms with Gasteiger partial charge in [0, 0.05) is 24.7 Å². The highest BCUT2D eigenvalue weighted by Crippen LogP contribution is 2.35. The van der Waals surface area contributed by atoms with Gasteiger partial charge in [-0.2, -0.15) is 9.78 Å². The molecule has 0 aliphatic rings. The third-order valence-corrected chi connectivity index (χ3v) is 6.37. The Kier molecular flexibility index (Phi) is 7.77. The zero-order valence-electron chi connectivity index (χ0n) is 19.7. The number of methoxy groups -OCH3 is 1. The van der Waals surface area contributed by atoms with Crippen LogP contribution in [0.15, 0.2) is 47.4 Å². The topological polar surface area (TPSA) is 149 Å². The number of carboxylic acids is 1. The number of rotatable bonds is 10. The number of carbonyl (C=O) groups excluding carboxylic acids is 1. The normalized spacial score (nSPS) is 11.2. The molecule has 1 aromatic heterocycles. The highest BCUT2D eigenvalue weighted by Gasteiger charge is 2.26. The van der Waals surface area contributed by atoms with E-state index in [0.717, 1.165) is 0 Å². The predicted molar refractivity (Wildman–Crippen MR) is 128 cm³/mol. The highest BCUT2D eigenvalue weighted by molar-refractivity contribution is 7.89. The van der Waals surface area contributed by atoms with Crippen molar-refractivity contribution in [2.75, 3.05) is 19.0 Å². The van der Waals surface area contributed by atoms with E-state index >= 15 is 0 Å². The molecule has 186 valence electrons. The van der Waals surface area contributed by atoms with Crippen LogP contribution in [0.4, 0.5) is 5.69 Å². The number of ether oxygens (including phenoxy) is 2. The fourth-order valence-electron chi connectivity index (χ4n) is 3.20. The predicted octanol–water partition coefficient (Wildman–Crippen LogP) is 3.33. The van der Waals surface area contributed by atoms with E-state index in [1.165, 1.54) is 43.8 Å². The summed E-state index contributed by atoms with van der Waals surface area (Å²) in [5, 5.41) is 16.3. The average Bonchev–Trinajstić information content (AvgIpc) is 3.14. The monoisotopic (exact) mass is 502 g/mol. The number of carboxylic acid groups (broad SMARTS) is 1. The molecular weight excluding hydrogens is 476 g/mol. The van der Waals surface area contributed by atoms with Gasteiger partial charge in [-0.15, -0.1) is 0 Å². The molecule has 1 amide bonds. The Morgan fingerprint density at radius 2 is 1.83 bits per heavy atom. The number of carbonyl (C=O) groups is 2. The van der Waals surface area contributed by atoms with Gasteiger partial charge in [-0.3, -0.25) is 4.79 Å². The third-order valence-electron chi connectivity index (χ3n) is 4.89. The van der Waals surface area contributed by atoms with Crippen LogP contribution in [0.3, 0.4) is 0 Å². The number of nitrogens with zero attached hydrogens (tertiary/aromatic N) is 2. The smallest absolute Gasteiger partial charge is 0.356 e. The number of nitrogens with one attached hydrogen (secondary N) is 2. The van der Waals surface area contributed by atoms with Crippen LogP contribution in [0, 0.1) is 6.92 Å². The van der Waals surface area contributed by atoms with Gasteiger partial charge in [0.25, 0.3) is 0 Å². The summed E-state index contributed by atoms with van der Waals surface area (Å²) in [4.78, 5) is 23.0. The fourth-order valence-corrected chi connectivity index (χ4v) is 4.49. The van der Waals surface area contributed by atoms with Crippen molar-refractivity contribution in [3.05, 3.63) is 53.7 Å². The molecule has 12 heteroatoms. The lowest BCUT2D eigenvalue weighted by Gasteiger charge is -2.15. The minimum Gasteiger partial charge on any atom is -0.497 e. The van der Waals surface area contributed by atoms with E-state index in [1.807, 2.05) is 6.92 Å². The molecule has 11 nitrogen and oxygen atoms in total. The van der Waals surface area contributed by atoms with Gasteiger partial charge >= 0.3 is 5.97 Å². The first kappa shape index (κ1) is 25.7. The average molecular weight is 503 g/mol. The van der Waals surface area contributed by atoms with Crippen molar-refractivity contribution in [1.29, 1.82) is 0 Å². The first-order chi connectivity index (χ1) is 16.6. The van der Waals surface area contributed by atoms with E-state index in [1.54, 1.807) is 24.3 Å². The SMILES string of the molecule is CCCNS(=O)(=O)c1cc(NC(C)=O)ccc1Oc1c(C)c(C(=O)O)nn1-c1ccc(OC)cc1. The molecule has 0 saturated carbocycles. The van der Waals surface area contributed by atoms with E-state index in [4.69, 9.17) is 9.47 Å². The maximum absolute atomic E-state index is 13.0. The number of benzene rings is 2. The number of anilines is 1. The van der Waals surface area contributed by atoms with Crippen molar-refractivity contribution < 1.29 is 32.6 Å². The van der Waals surface area contributed by atoms with Crippen molar-refractivity contribution in [2.24, 2.45) is 0 Å². The molecule has 35 heavy (non-hydrogen) atoms. The third kappa shape index (κ3) is 5.78. The summed E-state index contributed by atoms with van der Waals surface area (Å²) < 4.78 is 41.0. The van der Waals surface area contributed by atoms with Gasteiger partial charge in [0.05, 0.1) is 12.8 Å². The van der Waals surface area contributed by atoms with Crippen LogP contribution in [0.25, 0.3) is 5.69 Å². The minimum atomic E-state index is -4.03. The molecule has 0 radical (unpaired) electrons. The van der Waals surface area contributed by atoms with Crippen LogP contribution >= 0.6 is 0 Å². The summed E-state index contributed by atoms with van der Waals surface area (Å²) in [7, 11) is -2.51. The fraction of sp³-hybridized carbons (Fsp3) is 0.261. The molecule has 3 rings (SSSR count). The molecule has 0 aliphatic heterocycles. The highest BCUT2D eigenvalue weighted by atomic mass is 32.2. The summed E-state index contributed by atoms with van der Waals surface area (Å²) in [6, 6.07) is 10.8. The Bertz CT molecular complexity index is 1350. The maximum atomic E-state index is 13.0. The summed E-state index contributed by atoms with van der Waals surface area (Å²) in [5.41, 5.74) is 0.677. The molecule has 0 saturated heterocycles. The summed E-state index contributed by atoms with van der Waals surface area (Å²) >= 11 is 0. The standard InChI is InChI=1S/C23H26N4O7S/c1-5-12-24-35(31,32)20-13-16(25-15(3)28)6-11-19(20)34-22-14(2)21(23(29)30)26-27(22)17-7-9-18(33-4)10-8-17/h6-11,13,24H,5,12H2,1-4H3,(H,25,28)(H,29,30). The van der Waals surface area contributed by atoms with Gasteiger partial charge in [-0.05, 0) is 55.8 Å². The van der Waals surface area contributed by atoms with Crippen molar-refractivity contribution in [1.82, 2.24) is 14.5 Å². The Labute approximate surface area is 202 Å². The van der Waals surface area contributed by atoms with Crippen molar-refractivity contribution in [3.8, 4) is 23.1 Å². The van der Waals surface area contributed by atoms with Crippen molar-refractivity contribution in [3.63, 3.8) is 0 Å². The Morgan fingerprint density at radius 1 is 1.14 bits per heavy atom. The second-order valence-corrected chi connectivity index (χ2v) is 9.27. The maximum Gasteiger partial charge on any atom is 0.356 e. The Balaban J connectivity index is 2.16. The minimum absolute atomic E-state index is 0.0202. The molecule has 0 aliphatic carbocycles. The number of hydrogen-bond donors (Lipinski definition) is 3. The lowest BCUT2D eigenvalue weighted by molar-refractivity contribution is -0.114. The van der Waals surface area contributed by atoms with Gasteiger partial charge in [0.15, 0.2) is 5.69 Å². The molecule has 3 N–H and O–H groups in total. The number of aromatic carboxylic acids is 1. The van der Waals surface area contributed by atoms with Gasteiger partial charge in [-0.25, -0.2) is 17.9 Å². The number of hydrogen-bond acceptors (Lipinski definition) is 7. The summed E-state index contributed by atoms with van der Waals surface area (Å²) in [6.45, 7) is 4.83. The largest absolute Gasteiger partial charge is 0.497 e. The van der Waals surface area contributed by atoms with Crippen LogP contribution in [0.5, 0.6) is 17.4 Å². The molecule has 0 unspecified atom stereocenters.